The van der Waals surface area contributed by atoms with Gasteiger partial charge in [-0.15, -0.1) is 0 Å². The Kier molecular flexibility index (Phi) is 41.0. The average molecular weight is 1060 g/mol. The van der Waals surface area contributed by atoms with E-state index in [-0.39, 0.29) is 12.8 Å². The predicted octanol–water partition coefficient (Wildman–Crippen LogP) is 13.0. The van der Waals surface area contributed by atoms with Crippen LogP contribution in [-0.4, -0.2) is 97.3 Å². The second kappa shape index (κ2) is 44.1. The molecule has 1 heterocycles. The maximum Gasteiger partial charge on any atom is 0.474 e. The van der Waals surface area contributed by atoms with E-state index in [0.29, 0.717) is 12.8 Å². The first-order valence-corrected chi connectivity index (χ1v) is 29.9. The van der Waals surface area contributed by atoms with E-state index in [0.717, 1.165) is 72.6 Å². The van der Waals surface area contributed by atoms with Gasteiger partial charge in [-0.1, -0.05) is 206 Å². The van der Waals surface area contributed by atoms with Crippen LogP contribution in [0.15, 0.2) is 0 Å². The van der Waals surface area contributed by atoms with Crippen LogP contribution in [-0.2, 0) is 75.5 Å². The molecular formula is C55H99O17P. The van der Waals surface area contributed by atoms with Crippen molar-refractivity contribution in [2.75, 3.05) is 19.8 Å². The van der Waals surface area contributed by atoms with Gasteiger partial charge in [0.25, 0.3) is 0 Å². The van der Waals surface area contributed by atoms with Crippen LogP contribution < -0.4 is 0 Å². The molecule has 0 amide bonds. The third kappa shape index (κ3) is 38.1. The number of carbonyl (C=O) groups is 6. The molecule has 18 heteroatoms. The molecule has 0 bridgehead atoms. The summed E-state index contributed by atoms with van der Waals surface area (Å²) in [7, 11) is -5.27. The smallest absolute Gasteiger partial charge is 0.463 e. The Morgan fingerprint density at radius 1 is 0.452 bits per heavy atom. The van der Waals surface area contributed by atoms with E-state index in [9.17, 15) is 38.2 Å². The zero-order valence-corrected chi connectivity index (χ0v) is 46.9. The van der Waals surface area contributed by atoms with Gasteiger partial charge in [-0.3, -0.25) is 37.8 Å². The molecule has 1 saturated heterocycles. The standard InChI is InChI=1S/C55H99O17P/c1-7-9-11-13-15-17-19-21-23-24-26-28-30-32-34-36-38-40-51(61)70-48(41-65-50(60)39-37-35-33-31-29-27-25-22-20-18-16-14-12-10-8-2)42-66-73(62,63)72-55-54(69-47(6)59)53(68-46(5)58)52(67-45(4)57)49(71-55)43-64-44(3)56/h48-49,52-55H,7-43H2,1-6H3,(H,62,63)/t48-,49-,52-,53+,54-,55+/m1/s1. The second-order valence-corrected chi connectivity index (χ2v) is 21.2. The molecule has 0 aromatic rings. The highest BCUT2D eigenvalue weighted by atomic mass is 31.2. The molecule has 73 heavy (non-hydrogen) atoms. The maximum absolute atomic E-state index is 13.6. The Morgan fingerprint density at radius 2 is 0.808 bits per heavy atom. The Hall–Kier alpha value is -3.11. The lowest BCUT2D eigenvalue weighted by atomic mass is 9.98. The van der Waals surface area contributed by atoms with Crippen molar-refractivity contribution in [2.45, 2.75) is 297 Å². The molecule has 0 saturated carbocycles. The highest BCUT2D eigenvalue weighted by Crippen LogP contribution is 2.47. The van der Waals surface area contributed by atoms with Crippen LogP contribution in [0.4, 0.5) is 0 Å². The fourth-order valence-corrected chi connectivity index (χ4v) is 9.71. The number of esters is 6. The minimum absolute atomic E-state index is 0.0696. The molecule has 1 aliphatic rings. The third-order valence-electron chi connectivity index (χ3n) is 12.8. The highest BCUT2D eigenvalue weighted by Gasteiger charge is 2.54. The van der Waals surface area contributed by atoms with Crippen molar-refractivity contribution < 1.29 is 80.4 Å². The van der Waals surface area contributed by atoms with Gasteiger partial charge in [0.1, 0.15) is 19.3 Å². The van der Waals surface area contributed by atoms with Crippen LogP contribution in [0.5, 0.6) is 0 Å². The lowest BCUT2D eigenvalue weighted by Gasteiger charge is -2.44. The van der Waals surface area contributed by atoms with Crippen molar-refractivity contribution in [2.24, 2.45) is 0 Å². The zero-order chi connectivity index (χ0) is 54.0. The molecular weight excluding hydrogens is 964 g/mol. The number of unbranched alkanes of at least 4 members (excludes halogenated alkanes) is 30. The van der Waals surface area contributed by atoms with Gasteiger partial charge in [-0.2, -0.15) is 0 Å². The van der Waals surface area contributed by atoms with Crippen molar-refractivity contribution in [3.05, 3.63) is 0 Å². The van der Waals surface area contributed by atoms with Gasteiger partial charge >= 0.3 is 43.6 Å². The lowest BCUT2D eigenvalue weighted by molar-refractivity contribution is -0.291. The number of phosphoric ester groups is 1. The SMILES string of the molecule is CCCCCCCCCCCCCCCCCCCC(=O)O[C@H](COC(=O)CCCCCCCCCCCCCCCCC)COP(=O)(O)O[C@@H]1O[C@H](COC(C)=O)[C@@H](OC(C)=O)[C@H](OC(C)=O)[C@H]1OC(C)=O. The van der Waals surface area contributed by atoms with Crippen LogP contribution in [0.1, 0.15) is 260 Å². The highest BCUT2D eigenvalue weighted by molar-refractivity contribution is 7.47. The molecule has 1 aliphatic heterocycles. The van der Waals surface area contributed by atoms with Gasteiger partial charge in [0.15, 0.2) is 24.4 Å². The molecule has 1 N–H and O–H groups in total. The quantitative estimate of drug-likeness (QED) is 0.0259. The number of carbonyl (C=O) groups excluding carboxylic acids is 6. The summed E-state index contributed by atoms with van der Waals surface area (Å²) in [5.74, 6) is -4.62. The van der Waals surface area contributed by atoms with E-state index in [1.165, 1.54) is 148 Å². The summed E-state index contributed by atoms with van der Waals surface area (Å²) < 4.78 is 62.1. The largest absolute Gasteiger partial charge is 0.474 e. The monoisotopic (exact) mass is 1060 g/mol. The molecule has 7 atom stereocenters. The number of ether oxygens (including phenoxy) is 7. The van der Waals surface area contributed by atoms with E-state index < -0.39 is 100 Å². The Morgan fingerprint density at radius 3 is 1.19 bits per heavy atom. The molecule has 0 radical (unpaired) electrons. The molecule has 426 valence electrons. The average Bonchev–Trinajstić information content (AvgIpc) is 3.32. The van der Waals surface area contributed by atoms with E-state index in [4.69, 9.17) is 42.2 Å². The summed E-state index contributed by atoms with van der Waals surface area (Å²) in [5.41, 5.74) is 0. The minimum atomic E-state index is -5.27. The van der Waals surface area contributed by atoms with Gasteiger partial charge in [-0.25, -0.2) is 4.57 Å². The first kappa shape index (κ1) is 67.9. The molecule has 0 aliphatic carbocycles. The normalized spacial score (nSPS) is 18.8. The number of hydrogen-bond donors (Lipinski definition) is 1. The number of rotatable bonds is 47. The number of phosphoric acid groups is 1. The lowest BCUT2D eigenvalue weighted by Crippen LogP contribution is -2.62. The van der Waals surface area contributed by atoms with E-state index >= 15 is 0 Å². The van der Waals surface area contributed by atoms with Gasteiger partial charge in [0, 0.05) is 40.5 Å². The molecule has 1 fully saturated rings. The molecule has 1 rings (SSSR count). The summed E-state index contributed by atoms with van der Waals surface area (Å²) in [6.07, 6.45) is 28.5. The Balaban J connectivity index is 2.81. The molecule has 0 aromatic carbocycles. The van der Waals surface area contributed by atoms with Crippen LogP contribution in [0.25, 0.3) is 0 Å². The van der Waals surface area contributed by atoms with Gasteiger partial charge in [-0.05, 0) is 12.8 Å². The van der Waals surface area contributed by atoms with Crippen LogP contribution in [0, 0.1) is 0 Å². The minimum Gasteiger partial charge on any atom is -0.463 e. The summed E-state index contributed by atoms with van der Waals surface area (Å²) in [4.78, 5) is 85.2. The van der Waals surface area contributed by atoms with Gasteiger partial charge in [0.2, 0.25) is 6.29 Å². The van der Waals surface area contributed by atoms with Crippen molar-refractivity contribution in [1.82, 2.24) is 0 Å². The van der Waals surface area contributed by atoms with E-state index in [2.05, 4.69) is 13.8 Å². The Bertz CT molecular complexity index is 1530. The molecule has 1 unspecified atom stereocenters. The summed E-state index contributed by atoms with van der Waals surface area (Å²) >= 11 is 0. The fraction of sp³-hybridized carbons (Fsp3) is 0.891. The molecule has 0 aromatic heterocycles. The molecule has 17 nitrogen and oxygen atoms in total. The van der Waals surface area contributed by atoms with Crippen molar-refractivity contribution >= 4 is 43.6 Å². The van der Waals surface area contributed by atoms with E-state index in [1.54, 1.807) is 0 Å². The number of hydrogen-bond acceptors (Lipinski definition) is 16. The fourth-order valence-electron chi connectivity index (χ4n) is 8.87. The Labute approximate surface area is 439 Å². The van der Waals surface area contributed by atoms with Gasteiger partial charge in [0.05, 0.1) is 6.61 Å². The predicted molar refractivity (Wildman–Crippen MR) is 278 cm³/mol. The second-order valence-electron chi connectivity index (χ2n) is 19.8. The van der Waals surface area contributed by atoms with Crippen molar-refractivity contribution in [1.29, 1.82) is 0 Å². The molecule has 0 spiro atoms. The summed E-state index contributed by atoms with van der Waals surface area (Å²) in [6, 6.07) is 0. The van der Waals surface area contributed by atoms with E-state index in [1.807, 2.05) is 0 Å². The first-order chi connectivity index (χ1) is 35.1. The summed E-state index contributed by atoms with van der Waals surface area (Å²) in [5, 5.41) is 0. The van der Waals surface area contributed by atoms with Crippen LogP contribution >= 0.6 is 7.82 Å². The van der Waals surface area contributed by atoms with Gasteiger partial charge < -0.3 is 38.1 Å². The first-order valence-electron chi connectivity index (χ1n) is 28.4. The zero-order valence-electron chi connectivity index (χ0n) is 46.1. The van der Waals surface area contributed by atoms with Crippen molar-refractivity contribution in [3.8, 4) is 0 Å². The maximum atomic E-state index is 13.6. The topological polar surface area (TPSA) is 223 Å². The summed E-state index contributed by atoms with van der Waals surface area (Å²) in [6.45, 7) is 6.82. The van der Waals surface area contributed by atoms with Crippen LogP contribution in [0.2, 0.25) is 0 Å². The van der Waals surface area contributed by atoms with Crippen molar-refractivity contribution in [3.63, 3.8) is 0 Å². The van der Waals surface area contributed by atoms with Crippen LogP contribution in [0.3, 0.4) is 0 Å². The third-order valence-corrected chi connectivity index (χ3v) is 13.8.